The average molecular weight is 409 g/mol. The van der Waals surface area contributed by atoms with Gasteiger partial charge in [-0.2, -0.15) is 0 Å². The lowest BCUT2D eigenvalue weighted by atomic mass is 9.78. The van der Waals surface area contributed by atoms with E-state index in [9.17, 15) is 14.6 Å². The van der Waals surface area contributed by atoms with Crippen LogP contribution in [0, 0.1) is 0 Å². The Bertz CT molecular complexity index is 626. The van der Waals surface area contributed by atoms with Gasteiger partial charge in [-0.15, -0.1) is 0 Å². The van der Waals surface area contributed by atoms with Crippen molar-refractivity contribution < 1.29 is 29.2 Å². The normalized spacial score (nSPS) is 13.1. The van der Waals surface area contributed by atoms with Gasteiger partial charge in [0.05, 0.1) is 6.61 Å². The zero-order valence-corrected chi connectivity index (χ0v) is 17.6. The van der Waals surface area contributed by atoms with E-state index in [1.54, 1.807) is 12.1 Å². The zero-order chi connectivity index (χ0) is 21.9. The summed E-state index contributed by atoms with van der Waals surface area (Å²) < 4.78 is 23.1. The Morgan fingerprint density at radius 2 is 1.17 bits per heavy atom. The molecular formula is C23H33FO5. The summed E-state index contributed by atoms with van der Waals surface area (Å²) in [6, 6.07) is 15.1. The molecule has 0 aromatic heterocycles. The second-order valence-corrected chi connectivity index (χ2v) is 6.94. The van der Waals surface area contributed by atoms with E-state index in [0.29, 0.717) is 11.5 Å². The van der Waals surface area contributed by atoms with Crippen molar-refractivity contribution >= 4 is 0 Å². The molecule has 2 aromatic rings. The van der Waals surface area contributed by atoms with Crippen molar-refractivity contribution in [1.82, 2.24) is 0 Å². The van der Waals surface area contributed by atoms with Crippen molar-refractivity contribution in [3.8, 4) is 11.5 Å². The van der Waals surface area contributed by atoms with Crippen molar-refractivity contribution in [1.29, 1.82) is 0 Å². The van der Waals surface area contributed by atoms with Crippen molar-refractivity contribution in [2.45, 2.75) is 45.3 Å². The van der Waals surface area contributed by atoms with Crippen molar-refractivity contribution in [2.24, 2.45) is 0 Å². The summed E-state index contributed by atoms with van der Waals surface area (Å²) in [6.45, 7) is 6.99. The number of hydrogen-bond donors (Lipinski definition) is 3. The SMILES string of the molecule is CC.CC(C)(c1ccc(OCC(O)CO)cc1)c1ccc(OCC(O)CF)cc1. The standard InChI is InChI=1S/C21H27FO5.C2H6/c1-21(2,15-3-7-19(8-4-15)26-13-17(24)11-22)16-5-9-20(10-6-16)27-14-18(25)12-23;1-2/h3-10,17-18,23-25H,11-14H2,1-2H3;1-2H3. The fourth-order valence-corrected chi connectivity index (χ4v) is 2.58. The summed E-state index contributed by atoms with van der Waals surface area (Å²) >= 11 is 0. The smallest absolute Gasteiger partial charge is 0.119 e. The molecule has 3 N–H and O–H groups in total. The van der Waals surface area contributed by atoms with Gasteiger partial charge in [-0.05, 0) is 35.4 Å². The van der Waals surface area contributed by atoms with Gasteiger partial charge in [0.1, 0.15) is 43.6 Å². The summed E-state index contributed by atoms with van der Waals surface area (Å²) in [5.74, 6) is 1.20. The molecule has 0 bridgehead atoms. The van der Waals surface area contributed by atoms with E-state index in [2.05, 4.69) is 13.8 Å². The third kappa shape index (κ3) is 7.65. The molecule has 2 rings (SSSR count). The van der Waals surface area contributed by atoms with Crippen LogP contribution in [0.25, 0.3) is 0 Å². The highest BCUT2D eigenvalue weighted by atomic mass is 19.1. The Balaban J connectivity index is 0.00000204. The minimum atomic E-state index is -1.11. The highest BCUT2D eigenvalue weighted by Gasteiger charge is 2.23. The van der Waals surface area contributed by atoms with Gasteiger partial charge in [0.2, 0.25) is 0 Å². The Labute approximate surface area is 172 Å². The fraction of sp³-hybridized carbons (Fsp3) is 0.478. The molecule has 162 valence electrons. The molecule has 0 aliphatic heterocycles. The van der Waals surface area contributed by atoms with Crippen LogP contribution in [0.5, 0.6) is 11.5 Å². The number of benzene rings is 2. The molecule has 2 atom stereocenters. The minimum Gasteiger partial charge on any atom is -0.491 e. The average Bonchev–Trinajstić information content (AvgIpc) is 2.77. The first kappa shape index (κ1) is 24.9. The maximum Gasteiger partial charge on any atom is 0.119 e. The van der Waals surface area contributed by atoms with E-state index < -0.39 is 18.9 Å². The van der Waals surface area contributed by atoms with Crippen LogP contribution in [0.1, 0.15) is 38.8 Å². The first-order chi connectivity index (χ1) is 13.9. The molecule has 29 heavy (non-hydrogen) atoms. The summed E-state index contributed by atoms with van der Waals surface area (Å²) in [4.78, 5) is 0. The van der Waals surface area contributed by atoms with Crippen molar-refractivity contribution in [3.05, 3.63) is 59.7 Å². The Morgan fingerprint density at radius 3 is 1.52 bits per heavy atom. The Kier molecular flexibility index (Phi) is 10.7. The van der Waals surface area contributed by atoms with Gasteiger partial charge in [-0.1, -0.05) is 52.0 Å². The largest absolute Gasteiger partial charge is 0.491 e. The molecule has 0 spiro atoms. The highest BCUT2D eigenvalue weighted by molar-refractivity contribution is 5.41. The number of aliphatic hydroxyl groups is 3. The molecule has 5 nitrogen and oxygen atoms in total. The van der Waals surface area contributed by atoms with Crippen LogP contribution in [-0.2, 0) is 5.41 Å². The maximum atomic E-state index is 12.3. The van der Waals surface area contributed by atoms with Gasteiger partial charge in [0.25, 0.3) is 0 Å². The highest BCUT2D eigenvalue weighted by Crippen LogP contribution is 2.33. The van der Waals surface area contributed by atoms with Crippen LogP contribution in [0.3, 0.4) is 0 Å². The quantitative estimate of drug-likeness (QED) is 0.561. The molecule has 0 saturated heterocycles. The van der Waals surface area contributed by atoms with E-state index in [1.807, 2.05) is 50.2 Å². The van der Waals surface area contributed by atoms with Crippen LogP contribution in [0.2, 0.25) is 0 Å². The van der Waals surface area contributed by atoms with E-state index in [4.69, 9.17) is 14.6 Å². The molecule has 0 amide bonds. The van der Waals surface area contributed by atoms with Gasteiger partial charge in [-0.25, -0.2) is 4.39 Å². The molecule has 0 saturated carbocycles. The van der Waals surface area contributed by atoms with Crippen LogP contribution in [0.4, 0.5) is 4.39 Å². The summed E-state index contributed by atoms with van der Waals surface area (Å²) in [6.07, 6.45) is -2.01. The topological polar surface area (TPSA) is 79.2 Å². The van der Waals surface area contributed by atoms with Crippen molar-refractivity contribution in [3.63, 3.8) is 0 Å². The van der Waals surface area contributed by atoms with Gasteiger partial charge in [0.15, 0.2) is 0 Å². The van der Waals surface area contributed by atoms with Gasteiger partial charge in [0, 0.05) is 5.41 Å². The third-order valence-corrected chi connectivity index (χ3v) is 4.43. The second-order valence-electron chi connectivity index (χ2n) is 6.94. The maximum absolute atomic E-state index is 12.3. The Hall–Kier alpha value is -2.15. The van der Waals surface area contributed by atoms with Gasteiger partial charge in [-0.3, -0.25) is 0 Å². The molecule has 0 heterocycles. The lowest BCUT2D eigenvalue weighted by Gasteiger charge is -2.26. The monoisotopic (exact) mass is 408 g/mol. The number of alkyl halides is 1. The van der Waals surface area contributed by atoms with Gasteiger partial charge < -0.3 is 24.8 Å². The lowest BCUT2D eigenvalue weighted by molar-refractivity contribution is 0.0536. The predicted octanol–water partition coefficient (Wildman–Crippen LogP) is 3.48. The Morgan fingerprint density at radius 1 is 0.793 bits per heavy atom. The van der Waals surface area contributed by atoms with Crippen molar-refractivity contribution in [2.75, 3.05) is 26.5 Å². The van der Waals surface area contributed by atoms with Crippen LogP contribution >= 0.6 is 0 Å². The molecule has 0 aliphatic rings. The third-order valence-electron chi connectivity index (χ3n) is 4.43. The molecular weight excluding hydrogens is 375 g/mol. The van der Waals surface area contributed by atoms with E-state index in [0.717, 1.165) is 11.1 Å². The summed E-state index contributed by atoms with van der Waals surface area (Å²) in [5, 5.41) is 27.4. The number of aliphatic hydroxyl groups excluding tert-OH is 3. The minimum absolute atomic E-state index is 0.0395. The van der Waals surface area contributed by atoms with Crippen LogP contribution in [-0.4, -0.2) is 54.0 Å². The van der Waals surface area contributed by atoms with Gasteiger partial charge >= 0.3 is 0 Å². The molecule has 2 aromatic carbocycles. The first-order valence-corrected chi connectivity index (χ1v) is 9.86. The molecule has 0 aliphatic carbocycles. The lowest BCUT2D eigenvalue weighted by Crippen LogP contribution is -2.21. The van der Waals surface area contributed by atoms with E-state index in [1.165, 1.54) is 0 Å². The summed E-state index contributed by atoms with van der Waals surface area (Å²) in [7, 11) is 0. The first-order valence-electron chi connectivity index (χ1n) is 9.86. The number of halogens is 1. The predicted molar refractivity (Wildman–Crippen MR) is 112 cm³/mol. The molecule has 0 fully saturated rings. The number of hydrogen-bond acceptors (Lipinski definition) is 5. The van der Waals surface area contributed by atoms with Crippen LogP contribution in [0.15, 0.2) is 48.5 Å². The second kappa shape index (κ2) is 12.4. The zero-order valence-electron chi connectivity index (χ0n) is 17.6. The molecule has 6 heteroatoms. The fourth-order valence-electron chi connectivity index (χ4n) is 2.58. The number of ether oxygens (including phenoxy) is 2. The number of rotatable bonds is 10. The van der Waals surface area contributed by atoms with Crippen LogP contribution < -0.4 is 9.47 Å². The molecule has 2 unspecified atom stereocenters. The molecule has 0 radical (unpaired) electrons. The van der Waals surface area contributed by atoms with E-state index >= 15 is 0 Å². The summed E-state index contributed by atoms with van der Waals surface area (Å²) in [5.41, 5.74) is 1.89. The van der Waals surface area contributed by atoms with E-state index in [-0.39, 0.29) is 25.2 Å².